The molecular weight excluding hydrogens is 508 g/mol. The van der Waals surface area contributed by atoms with Gasteiger partial charge in [-0.05, 0) is 54.3 Å². The van der Waals surface area contributed by atoms with Gasteiger partial charge in [0.2, 0.25) is 10.0 Å². The maximum atomic E-state index is 16.0. The normalized spacial score (nSPS) is 18.4. The molecule has 0 saturated carbocycles. The third-order valence-electron chi connectivity index (χ3n) is 7.32. The molecule has 0 amide bonds. The molecule has 1 aliphatic heterocycles. The number of sulfonamides is 1. The van der Waals surface area contributed by atoms with E-state index in [1.807, 2.05) is 30.3 Å². The molecule has 0 radical (unpaired) electrons. The van der Waals surface area contributed by atoms with Gasteiger partial charge in [-0.1, -0.05) is 30.3 Å². The molecule has 194 valence electrons. The van der Waals surface area contributed by atoms with Gasteiger partial charge in [-0.15, -0.1) is 0 Å². The molecule has 0 bridgehead atoms. The first kappa shape index (κ1) is 24.4. The lowest BCUT2D eigenvalue weighted by atomic mass is 9.74. The molecule has 1 unspecified atom stereocenters. The molecule has 1 saturated heterocycles. The monoisotopic (exact) mass is 533 g/mol. The minimum Gasteiger partial charge on any atom is -0.274 e. The van der Waals surface area contributed by atoms with Gasteiger partial charge < -0.3 is 0 Å². The highest BCUT2D eigenvalue weighted by molar-refractivity contribution is 7.89. The Morgan fingerprint density at radius 2 is 1.74 bits per heavy atom. The fourth-order valence-electron chi connectivity index (χ4n) is 5.41. The first-order valence-corrected chi connectivity index (χ1v) is 13.7. The second-order valence-electron chi connectivity index (χ2n) is 9.80. The third-order valence-corrected chi connectivity index (χ3v) is 9.12. The van der Waals surface area contributed by atoms with E-state index in [4.69, 9.17) is 0 Å². The zero-order valence-electron chi connectivity index (χ0n) is 20.6. The highest BCUT2D eigenvalue weighted by atomic mass is 32.2. The lowest BCUT2D eigenvalue weighted by molar-refractivity contribution is 0.400. The van der Waals surface area contributed by atoms with Crippen molar-refractivity contribution in [2.45, 2.75) is 23.2 Å². The number of benzene rings is 3. The smallest absolute Gasteiger partial charge is 0.246 e. The van der Waals surface area contributed by atoms with Gasteiger partial charge in [0.1, 0.15) is 16.5 Å². The Kier molecular flexibility index (Phi) is 5.88. The van der Waals surface area contributed by atoms with E-state index in [-0.39, 0.29) is 23.8 Å². The highest BCUT2D eigenvalue weighted by Crippen LogP contribution is 2.42. The fourth-order valence-corrected chi connectivity index (χ4v) is 6.92. The van der Waals surface area contributed by atoms with E-state index in [2.05, 4.69) is 10.2 Å². The molecule has 1 atom stereocenters. The molecule has 0 aliphatic carbocycles. The highest BCUT2D eigenvalue weighted by Gasteiger charge is 2.46. The molecule has 5 aromatic rings. The minimum atomic E-state index is -3.80. The van der Waals surface area contributed by atoms with Crippen molar-refractivity contribution >= 4 is 20.9 Å². The molecular formula is C28H25F2N5O2S. The van der Waals surface area contributed by atoms with Crippen LogP contribution in [0.4, 0.5) is 8.78 Å². The zero-order valence-corrected chi connectivity index (χ0v) is 21.4. The second kappa shape index (κ2) is 9.14. The number of fused-ring (bicyclic) bond motifs is 1. The Morgan fingerprint density at radius 3 is 2.45 bits per heavy atom. The first-order chi connectivity index (χ1) is 18.2. The Hall–Kier alpha value is -3.89. The zero-order chi connectivity index (χ0) is 26.5. The Bertz CT molecular complexity index is 1730. The standard InChI is InChI=1S/C28H25F2N5O2S/c1-33-18-24(17-31-33)38(36,37)34-12-11-28(19-34,15-20-5-3-2-4-6-20)25-13-21-16-32-35(27(21)14-26(25)30)23-9-7-22(29)8-10-23/h2-10,13-14,16-18H,11-12,15,19H2,1H3. The second-order valence-corrected chi connectivity index (χ2v) is 11.7. The van der Waals surface area contributed by atoms with Gasteiger partial charge in [-0.25, -0.2) is 21.9 Å². The van der Waals surface area contributed by atoms with Crippen molar-refractivity contribution in [3.63, 3.8) is 0 Å². The van der Waals surface area contributed by atoms with E-state index in [1.54, 1.807) is 36.1 Å². The van der Waals surface area contributed by atoms with Crippen molar-refractivity contribution in [3.8, 4) is 5.69 Å². The SMILES string of the molecule is Cn1cc(S(=O)(=O)N2CCC(Cc3ccccc3)(c3cc4cnn(-c5ccc(F)cc5)c4cc3F)C2)cn1. The Balaban J connectivity index is 1.44. The number of aromatic nitrogens is 4. The van der Waals surface area contributed by atoms with Crippen LogP contribution in [0.1, 0.15) is 17.5 Å². The van der Waals surface area contributed by atoms with Crippen LogP contribution in [0, 0.1) is 11.6 Å². The molecule has 10 heteroatoms. The third kappa shape index (κ3) is 4.19. The van der Waals surface area contributed by atoms with Crippen LogP contribution in [0.3, 0.4) is 0 Å². The lowest BCUT2D eigenvalue weighted by Gasteiger charge is -2.31. The average molecular weight is 534 g/mol. The van der Waals surface area contributed by atoms with E-state index in [9.17, 15) is 12.8 Å². The number of hydrogen-bond donors (Lipinski definition) is 0. The summed E-state index contributed by atoms with van der Waals surface area (Å²) in [5.41, 5.74) is 1.83. The van der Waals surface area contributed by atoms with Crippen molar-refractivity contribution in [1.82, 2.24) is 23.9 Å². The van der Waals surface area contributed by atoms with Crippen molar-refractivity contribution in [3.05, 3.63) is 108 Å². The predicted octanol–water partition coefficient (Wildman–Crippen LogP) is 4.61. The molecule has 3 aromatic carbocycles. The maximum absolute atomic E-state index is 16.0. The molecule has 3 heterocycles. The number of nitrogens with zero attached hydrogens (tertiary/aromatic N) is 5. The van der Waals surface area contributed by atoms with Gasteiger partial charge in [0.25, 0.3) is 0 Å². The first-order valence-electron chi connectivity index (χ1n) is 12.2. The molecule has 1 aliphatic rings. The van der Waals surface area contributed by atoms with Gasteiger partial charge in [-0.3, -0.25) is 4.68 Å². The van der Waals surface area contributed by atoms with E-state index >= 15 is 4.39 Å². The summed E-state index contributed by atoms with van der Waals surface area (Å²) in [6.45, 7) is 0.393. The van der Waals surface area contributed by atoms with E-state index in [0.29, 0.717) is 35.0 Å². The van der Waals surface area contributed by atoms with E-state index in [0.717, 1.165) is 5.56 Å². The number of halogens is 2. The van der Waals surface area contributed by atoms with E-state index in [1.165, 1.54) is 39.6 Å². The fraction of sp³-hybridized carbons (Fsp3) is 0.214. The van der Waals surface area contributed by atoms with Gasteiger partial charge in [0, 0.05) is 43.2 Å². The summed E-state index contributed by atoms with van der Waals surface area (Å²) in [5.74, 6) is -0.800. The summed E-state index contributed by atoms with van der Waals surface area (Å²) in [6.07, 6.45) is 5.39. The molecule has 7 nitrogen and oxygen atoms in total. The summed E-state index contributed by atoms with van der Waals surface area (Å²) < 4.78 is 60.8. The van der Waals surface area contributed by atoms with Gasteiger partial charge >= 0.3 is 0 Å². The van der Waals surface area contributed by atoms with Crippen molar-refractivity contribution in [2.24, 2.45) is 7.05 Å². The molecule has 2 aromatic heterocycles. The maximum Gasteiger partial charge on any atom is 0.246 e. The van der Waals surface area contributed by atoms with Crippen LogP contribution in [-0.4, -0.2) is 45.4 Å². The minimum absolute atomic E-state index is 0.118. The average Bonchev–Trinajstić information content (AvgIpc) is 3.64. The van der Waals surface area contributed by atoms with Crippen LogP contribution in [0.25, 0.3) is 16.6 Å². The van der Waals surface area contributed by atoms with Crippen molar-refractivity contribution in [2.75, 3.05) is 13.1 Å². The molecule has 6 rings (SSSR count). The summed E-state index contributed by atoms with van der Waals surface area (Å²) in [4.78, 5) is 0.118. The summed E-state index contributed by atoms with van der Waals surface area (Å²) in [6, 6.07) is 18.8. The summed E-state index contributed by atoms with van der Waals surface area (Å²) >= 11 is 0. The van der Waals surface area contributed by atoms with Gasteiger partial charge in [0.15, 0.2) is 0 Å². The molecule has 0 N–H and O–H groups in total. The van der Waals surface area contributed by atoms with Crippen LogP contribution in [0.5, 0.6) is 0 Å². The van der Waals surface area contributed by atoms with Crippen molar-refractivity contribution < 1.29 is 17.2 Å². The lowest BCUT2D eigenvalue weighted by Crippen LogP contribution is -2.36. The van der Waals surface area contributed by atoms with Gasteiger partial charge in [-0.2, -0.15) is 14.5 Å². The van der Waals surface area contributed by atoms with Crippen LogP contribution in [0.2, 0.25) is 0 Å². The predicted molar refractivity (Wildman–Crippen MR) is 139 cm³/mol. The summed E-state index contributed by atoms with van der Waals surface area (Å²) in [7, 11) is -2.13. The molecule has 0 spiro atoms. The number of hydrogen-bond acceptors (Lipinski definition) is 4. The number of aryl methyl sites for hydroxylation is 1. The van der Waals surface area contributed by atoms with Crippen LogP contribution < -0.4 is 0 Å². The Labute approximate surface area is 219 Å². The van der Waals surface area contributed by atoms with E-state index < -0.39 is 21.3 Å². The summed E-state index contributed by atoms with van der Waals surface area (Å²) in [5, 5.41) is 9.15. The Morgan fingerprint density at radius 1 is 0.974 bits per heavy atom. The van der Waals surface area contributed by atoms with Gasteiger partial charge in [0.05, 0.1) is 23.6 Å². The van der Waals surface area contributed by atoms with Crippen LogP contribution in [-0.2, 0) is 28.9 Å². The quantitative estimate of drug-likeness (QED) is 0.320. The largest absolute Gasteiger partial charge is 0.274 e. The van der Waals surface area contributed by atoms with Crippen molar-refractivity contribution in [1.29, 1.82) is 0 Å². The molecule has 1 fully saturated rings. The van der Waals surface area contributed by atoms with Crippen LogP contribution in [0.15, 0.2) is 90.2 Å². The van der Waals surface area contributed by atoms with Crippen LogP contribution >= 0.6 is 0 Å². The molecule has 38 heavy (non-hydrogen) atoms. The number of rotatable bonds is 6. The topological polar surface area (TPSA) is 73.0 Å².